The molecule has 0 spiro atoms. The highest BCUT2D eigenvalue weighted by Gasteiger charge is 2.29. The minimum Gasteiger partial charge on any atom is -0.480 e. The molecule has 0 aliphatic rings. The van der Waals surface area contributed by atoms with Gasteiger partial charge < -0.3 is 15.2 Å². The maximum atomic E-state index is 12.9. The molecule has 0 aliphatic carbocycles. The molecular weight excluding hydrogens is 334 g/mol. The van der Waals surface area contributed by atoms with Gasteiger partial charge >= 0.3 is 11.9 Å². The number of benzene rings is 2. The molecule has 0 saturated heterocycles. The Balaban J connectivity index is 2.25. The first-order valence-corrected chi connectivity index (χ1v) is 8.31. The lowest BCUT2D eigenvalue weighted by Crippen LogP contribution is -2.44. The number of carboxylic acids is 1. The third-order valence-electron chi connectivity index (χ3n) is 3.82. The first-order valence-electron chi connectivity index (χ1n) is 8.31. The summed E-state index contributed by atoms with van der Waals surface area (Å²) in [6.07, 6.45) is -0.425. The Bertz CT molecular complexity index is 706. The first kappa shape index (κ1) is 19.2. The van der Waals surface area contributed by atoms with Gasteiger partial charge in [-0.2, -0.15) is 0 Å². The zero-order chi connectivity index (χ0) is 18.9. The maximum Gasteiger partial charge on any atom is 0.326 e. The molecule has 2 aromatic rings. The summed E-state index contributed by atoms with van der Waals surface area (Å²) in [5.41, 5.74) is 1.47. The van der Waals surface area contributed by atoms with Crippen molar-refractivity contribution in [2.75, 3.05) is 6.61 Å². The Morgan fingerprint density at radius 3 is 1.88 bits per heavy atom. The molecule has 0 heterocycles. The van der Waals surface area contributed by atoms with Gasteiger partial charge in [-0.25, -0.2) is 4.79 Å². The maximum absolute atomic E-state index is 12.9. The van der Waals surface area contributed by atoms with Crippen molar-refractivity contribution in [3.63, 3.8) is 0 Å². The highest BCUT2D eigenvalue weighted by molar-refractivity contribution is 5.92. The number of hydrogen-bond donors (Lipinski definition) is 2. The number of nitrogens with one attached hydrogen (secondary N) is 1. The summed E-state index contributed by atoms with van der Waals surface area (Å²) in [7, 11) is 0. The highest BCUT2D eigenvalue weighted by atomic mass is 16.5. The fourth-order valence-electron chi connectivity index (χ4n) is 2.63. The number of carboxylic acid groups (broad SMARTS) is 1. The number of hydrogen-bond acceptors (Lipinski definition) is 4. The van der Waals surface area contributed by atoms with E-state index in [0.717, 1.165) is 11.1 Å². The predicted octanol–water partition coefficient (Wildman–Crippen LogP) is 2.34. The lowest BCUT2D eigenvalue weighted by atomic mass is 9.90. The van der Waals surface area contributed by atoms with Gasteiger partial charge in [-0.05, 0) is 18.1 Å². The highest BCUT2D eigenvalue weighted by Crippen LogP contribution is 2.25. The normalized spacial score (nSPS) is 11.6. The number of ether oxygens (including phenoxy) is 1. The van der Waals surface area contributed by atoms with E-state index in [1.54, 1.807) is 31.2 Å². The van der Waals surface area contributed by atoms with E-state index in [9.17, 15) is 19.5 Å². The van der Waals surface area contributed by atoms with Crippen LogP contribution in [0.3, 0.4) is 0 Å². The van der Waals surface area contributed by atoms with Crippen LogP contribution in [0.15, 0.2) is 60.7 Å². The Labute approximate surface area is 151 Å². The minimum absolute atomic E-state index is 0.149. The zero-order valence-electron chi connectivity index (χ0n) is 14.4. The average Bonchev–Trinajstić information content (AvgIpc) is 2.63. The molecule has 0 aromatic heterocycles. The summed E-state index contributed by atoms with van der Waals surface area (Å²) in [6, 6.07) is 16.8. The van der Waals surface area contributed by atoms with Crippen LogP contribution in [0.2, 0.25) is 0 Å². The van der Waals surface area contributed by atoms with Crippen LogP contribution >= 0.6 is 0 Å². The quantitative estimate of drug-likeness (QED) is 0.709. The van der Waals surface area contributed by atoms with Gasteiger partial charge in [-0.1, -0.05) is 60.7 Å². The van der Waals surface area contributed by atoms with Gasteiger partial charge in [0, 0.05) is 0 Å². The van der Waals surface area contributed by atoms with Gasteiger partial charge in [0.05, 0.1) is 18.9 Å². The Morgan fingerprint density at radius 1 is 0.962 bits per heavy atom. The minimum atomic E-state index is -1.35. The van der Waals surface area contributed by atoms with Crippen molar-refractivity contribution in [1.82, 2.24) is 5.32 Å². The van der Waals surface area contributed by atoms with Crippen LogP contribution in [0.1, 0.15) is 30.4 Å². The molecule has 6 heteroatoms. The van der Waals surface area contributed by atoms with E-state index in [0.29, 0.717) is 0 Å². The van der Waals surface area contributed by atoms with Gasteiger partial charge in [0.2, 0.25) is 5.91 Å². The Kier molecular flexibility index (Phi) is 6.91. The molecule has 2 N–H and O–H groups in total. The van der Waals surface area contributed by atoms with E-state index in [-0.39, 0.29) is 6.61 Å². The lowest BCUT2D eigenvalue weighted by Gasteiger charge is -2.21. The van der Waals surface area contributed by atoms with E-state index in [2.05, 4.69) is 5.32 Å². The second-order valence-corrected chi connectivity index (χ2v) is 5.66. The monoisotopic (exact) mass is 355 g/mol. The summed E-state index contributed by atoms with van der Waals surface area (Å²) in [4.78, 5) is 35.9. The molecule has 6 nitrogen and oxygen atoms in total. The van der Waals surface area contributed by atoms with E-state index in [1.807, 2.05) is 36.4 Å². The van der Waals surface area contributed by atoms with Gasteiger partial charge in [-0.3, -0.25) is 9.59 Å². The number of esters is 1. The van der Waals surface area contributed by atoms with Gasteiger partial charge in [0.1, 0.15) is 6.04 Å². The van der Waals surface area contributed by atoms with Crippen molar-refractivity contribution in [2.45, 2.75) is 25.3 Å². The average molecular weight is 355 g/mol. The molecule has 2 rings (SSSR count). The molecule has 0 fully saturated rings. The lowest BCUT2D eigenvalue weighted by molar-refractivity contribution is -0.150. The van der Waals surface area contributed by atoms with Crippen LogP contribution in [-0.4, -0.2) is 35.6 Å². The second kappa shape index (κ2) is 9.36. The molecule has 1 atom stereocenters. The first-order chi connectivity index (χ1) is 12.5. The second-order valence-electron chi connectivity index (χ2n) is 5.66. The third-order valence-corrected chi connectivity index (χ3v) is 3.82. The van der Waals surface area contributed by atoms with Crippen molar-refractivity contribution >= 4 is 17.8 Å². The summed E-state index contributed by atoms with van der Waals surface area (Å²) in [5.74, 6) is -3.12. The predicted molar refractivity (Wildman–Crippen MR) is 95.5 cm³/mol. The number of rotatable bonds is 8. The topological polar surface area (TPSA) is 92.7 Å². The van der Waals surface area contributed by atoms with E-state index >= 15 is 0 Å². The number of aliphatic carboxylic acids is 1. The molecule has 2 aromatic carbocycles. The molecular formula is C20H21NO5. The molecule has 26 heavy (non-hydrogen) atoms. The van der Waals surface area contributed by atoms with E-state index < -0.39 is 36.2 Å². The summed E-state index contributed by atoms with van der Waals surface area (Å²) in [6.45, 7) is 1.78. The van der Waals surface area contributed by atoms with E-state index in [1.165, 1.54) is 0 Å². The van der Waals surface area contributed by atoms with Gasteiger partial charge in [0.25, 0.3) is 0 Å². The fraction of sp³-hybridized carbons (Fsp3) is 0.250. The fourth-order valence-corrected chi connectivity index (χ4v) is 2.63. The Hall–Kier alpha value is -3.15. The summed E-state index contributed by atoms with van der Waals surface area (Å²) < 4.78 is 4.78. The summed E-state index contributed by atoms with van der Waals surface area (Å²) in [5, 5.41) is 11.8. The molecule has 0 unspecified atom stereocenters. The number of carbonyl (C=O) groups is 3. The van der Waals surface area contributed by atoms with Gasteiger partial charge in [0.15, 0.2) is 0 Å². The van der Waals surface area contributed by atoms with Crippen molar-refractivity contribution < 1.29 is 24.2 Å². The van der Waals surface area contributed by atoms with Crippen molar-refractivity contribution in [3.05, 3.63) is 71.8 Å². The van der Waals surface area contributed by atoms with Crippen molar-refractivity contribution in [2.24, 2.45) is 0 Å². The standard InChI is InChI=1S/C20H21NO5/c1-2-26-17(22)13-16(20(24)25)21-19(23)18(14-9-5-3-6-10-14)15-11-7-4-8-12-15/h3-12,16,18H,2,13H2,1H3,(H,21,23)(H,24,25)/t16-/m1/s1. The van der Waals surface area contributed by atoms with Crippen LogP contribution in [0, 0.1) is 0 Å². The van der Waals surface area contributed by atoms with Crippen LogP contribution in [0.25, 0.3) is 0 Å². The van der Waals surface area contributed by atoms with Crippen molar-refractivity contribution in [3.8, 4) is 0 Å². The zero-order valence-corrected chi connectivity index (χ0v) is 14.4. The van der Waals surface area contributed by atoms with E-state index in [4.69, 9.17) is 4.74 Å². The van der Waals surface area contributed by atoms with Crippen LogP contribution in [0.4, 0.5) is 0 Å². The Morgan fingerprint density at radius 2 is 1.46 bits per heavy atom. The van der Waals surface area contributed by atoms with Crippen LogP contribution in [-0.2, 0) is 19.1 Å². The molecule has 0 radical (unpaired) electrons. The van der Waals surface area contributed by atoms with Crippen LogP contribution < -0.4 is 5.32 Å². The largest absolute Gasteiger partial charge is 0.480 e. The molecule has 0 aliphatic heterocycles. The molecule has 0 bridgehead atoms. The molecule has 1 amide bonds. The third kappa shape index (κ3) is 5.17. The number of amides is 1. The summed E-state index contributed by atoms with van der Waals surface area (Å²) >= 11 is 0. The van der Waals surface area contributed by atoms with Crippen LogP contribution in [0.5, 0.6) is 0 Å². The molecule has 136 valence electrons. The smallest absolute Gasteiger partial charge is 0.326 e. The van der Waals surface area contributed by atoms with Gasteiger partial charge in [-0.15, -0.1) is 0 Å². The molecule has 0 saturated carbocycles. The number of carbonyl (C=O) groups excluding carboxylic acids is 2. The SMILES string of the molecule is CCOC(=O)C[C@@H](NC(=O)C(c1ccccc1)c1ccccc1)C(=O)O. The van der Waals surface area contributed by atoms with Crippen molar-refractivity contribution in [1.29, 1.82) is 0 Å².